The molecule has 0 heterocycles. The number of nitrogens with zero attached hydrogens (tertiary/aromatic N) is 1. The molecule has 0 rings (SSSR count). The smallest absolute Gasteiger partial charge is 0.433 e. The van der Waals surface area contributed by atoms with Crippen LogP contribution in [0.25, 0.3) is 0 Å². The van der Waals surface area contributed by atoms with Gasteiger partial charge in [-0.3, -0.25) is 0 Å². The first-order valence-electron chi connectivity index (χ1n) is 6.21. The zero-order chi connectivity index (χ0) is 18.2. The van der Waals surface area contributed by atoms with Crippen molar-refractivity contribution in [2.45, 2.75) is 20.0 Å². The van der Waals surface area contributed by atoms with Gasteiger partial charge in [0, 0.05) is 21.9 Å². The Kier molecular flexibility index (Phi) is 9.42. The first-order valence-corrected chi connectivity index (χ1v) is 7.95. The summed E-state index contributed by atoms with van der Waals surface area (Å²) in [4.78, 5) is 3.47. The Hall–Kier alpha value is -1.11. The molecular weight excluding hydrogens is 370 g/mol. The van der Waals surface area contributed by atoms with Crippen molar-refractivity contribution in [3.63, 3.8) is 0 Å². The summed E-state index contributed by atoms with van der Waals surface area (Å²) in [5.41, 5.74) is -0.707. The summed E-state index contributed by atoms with van der Waals surface area (Å²) >= 11 is 13.0. The molecule has 0 saturated carbocycles. The molecule has 23 heavy (non-hydrogen) atoms. The zero-order valence-corrected chi connectivity index (χ0v) is 14.9. The topological polar surface area (TPSA) is 32.6 Å². The van der Waals surface area contributed by atoms with Gasteiger partial charge in [-0.1, -0.05) is 48.5 Å². The molecule has 0 aliphatic heterocycles. The molecule has 0 aromatic carbocycles. The maximum atomic E-state index is 12.8. The fourth-order valence-electron chi connectivity index (χ4n) is 1.26. The van der Waals surface area contributed by atoms with Gasteiger partial charge in [0.2, 0.25) is 0 Å². The van der Waals surface area contributed by atoms with Crippen LogP contribution >= 0.6 is 35.0 Å². The lowest BCUT2D eigenvalue weighted by Crippen LogP contribution is -2.11. The summed E-state index contributed by atoms with van der Waals surface area (Å²) in [6.07, 6.45) is -1.23. The van der Waals surface area contributed by atoms with E-state index in [2.05, 4.69) is 18.2 Å². The van der Waals surface area contributed by atoms with Gasteiger partial charge in [-0.25, -0.2) is 4.99 Å². The monoisotopic (exact) mass is 385 g/mol. The number of alkyl halides is 3. The summed E-state index contributed by atoms with van der Waals surface area (Å²) in [6, 6.07) is 0. The maximum Gasteiger partial charge on any atom is 0.433 e. The molecule has 0 amide bonds. The third-order valence-electron chi connectivity index (χ3n) is 2.31. The number of halogens is 5. The highest BCUT2D eigenvalue weighted by atomic mass is 35.5. The van der Waals surface area contributed by atoms with E-state index in [9.17, 15) is 13.2 Å². The number of hydrogen-bond acceptors (Lipinski definition) is 3. The molecule has 0 aliphatic rings. The van der Waals surface area contributed by atoms with Gasteiger partial charge in [0.25, 0.3) is 0 Å². The number of aliphatic hydroxyl groups is 1. The molecule has 0 spiro atoms. The van der Waals surface area contributed by atoms with Gasteiger partial charge >= 0.3 is 6.18 Å². The molecule has 0 aliphatic carbocycles. The van der Waals surface area contributed by atoms with Crippen LogP contribution in [0.3, 0.4) is 0 Å². The molecule has 128 valence electrons. The maximum absolute atomic E-state index is 12.8. The highest BCUT2D eigenvalue weighted by Gasteiger charge is 2.34. The van der Waals surface area contributed by atoms with Crippen LogP contribution in [0.2, 0.25) is 0 Å². The summed E-state index contributed by atoms with van der Waals surface area (Å²) in [6.45, 7) is 9.65. The van der Waals surface area contributed by atoms with Crippen LogP contribution < -0.4 is 0 Å². The zero-order valence-electron chi connectivity index (χ0n) is 12.5. The predicted molar refractivity (Wildman–Crippen MR) is 94.2 cm³/mol. The number of allylic oxidation sites excluding steroid dienone is 6. The van der Waals surface area contributed by atoms with Crippen molar-refractivity contribution in [2.24, 2.45) is 4.99 Å². The van der Waals surface area contributed by atoms with E-state index in [1.165, 1.54) is 13.0 Å². The third-order valence-corrected chi connectivity index (χ3v) is 4.08. The Morgan fingerprint density at radius 1 is 1.35 bits per heavy atom. The number of aliphatic imine (C=N–C) groups is 1. The first-order chi connectivity index (χ1) is 10.5. The Morgan fingerprint density at radius 3 is 2.30 bits per heavy atom. The Morgan fingerprint density at radius 2 is 1.91 bits per heavy atom. The summed E-state index contributed by atoms with van der Waals surface area (Å²) < 4.78 is 38.4. The van der Waals surface area contributed by atoms with Crippen LogP contribution in [0, 0.1) is 0 Å². The van der Waals surface area contributed by atoms with E-state index < -0.39 is 17.6 Å². The van der Waals surface area contributed by atoms with Crippen molar-refractivity contribution in [1.82, 2.24) is 0 Å². The normalized spacial score (nSPS) is 15.3. The molecule has 0 atom stereocenters. The van der Waals surface area contributed by atoms with E-state index in [1.54, 1.807) is 13.0 Å². The Balaban J connectivity index is 5.37. The predicted octanol–water partition coefficient (Wildman–Crippen LogP) is 6.48. The largest absolute Gasteiger partial charge is 0.509 e. The highest BCUT2D eigenvalue weighted by molar-refractivity contribution is 8.14. The average Bonchev–Trinajstić information content (AvgIpc) is 2.44. The average molecular weight is 386 g/mol. The molecule has 2 nitrogen and oxygen atoms in total. The molecule has 0 aromatic rings. The summed E-state index contributed by atoms with van der Waals surface area (Å²) in [7, 11) is 0. The molecule has 8 heteroatoms. The van der Waals surface area contributed by atoms with Gasteiger partial charge in [0.15, 0.2) is 0 Å². The van der Waals surface area contributed by atoms with Gasteiger partial charge in [0.1, 0.15) is 11.5 Å². The van der Waals surface area contributed by atoms with E-state index in [0.717, 1.165) is 11.8 Å². The number of rotatable bonds is 6. The number of hydrogen-bond donors (Lipinski definition) is 1. The first kappa shape index (κ1) is 21.9. The lowest BCUT2D eigenvalue weighted by Gasteiger charge is -2.10. The second-order valence-corrected chi connectivity index (χ2v) is 6.09. The molecule has 0 unspecified atom stereocenters. The van der Waals surface area contributed by atoms with Crippen LogP contribution in [-0.4, -0.2) is 22.1 Å². The van der Waals surface area contributed by atoms with Crippen molar-refractivity contribution in [2.75, 3.05) is 5.75 Å². The minimum absolute atomic E-state index is 0.126. The molecule has 0 fully saturated rings. The molecule has 1 N–H and O–H groups in total. The lowest BCUT2D eigenvalue weighted by molar-refractivity contribution is -0.0925. The summed E-state index contributed by atoms with van der Waals surface area (Å²) in [5.74, 6) is -0.514. The minimum Gasteiger partial charge on any atom is -0.509 e. The van der Waals surface area contributed by atoms with E-state index >= 15 is 0 Å². The lowest BCUT2D eigenvalue weighted by atomic mass is 10.2. The fourth-order valence-corrected chi connectivity index (χ4v) is 2.63. The molecule has 0 radical (unpaired) electrons. The van der Waals surface area contributed by atoms with E-state index in [0.29, 0.717) is 21.7 Å². The van der Waals surface area contributed by atoms with Gasteiger partial charge in [-0.2, -0.15) is 13.2 Å². The van der Waals surface area contributed by atoms with Crippen molar-refractivity contribution < 1.29 is 18.3 Å². The van der Waals surface area contributed by atoms with E-state index in [1.807, 2.05) is 0 Å². The van der Waals surface area contributed by atoms with Gasteiger partial charge in [-0.15, -0.1) is 11.8 Å². The number of thioether (sulfide) groups is 1. The van der Waals surface area contributed by atoms with Crippen molar-refractivity contribution in [1.29, 1.82) is 0 Å². The van der Waals surface area contributed by atoms with Crippen LogP contribution in [0.4, 0.5) is 13.2 Å². The quantitative estimate of drug-likeness (QED) is 0.245. The Labute approximate surface area is 147 Å². The molecule has 0 bridgehead atoms. The van der Waals surface area contributed by atoms with Crippen molar-refractivity contribution >= 4 is 40.0 Å². The summed E-state index contributed by atoms with van der Waals surface area (Å²) in [5, 5.41) is 9.73. The highest BCUT2D eigenvalue weighted by Crippen LogP contribution is 2.30. The second-order valence-electron chi connectivity index (χ2n) is 4.11. The molecule has 0 aromatic heterocycles. The fraction of sp³-hybridized carbons (Fsp3) is 0.267. The van der Waals surface area contributed by atoms with Crippen molar-refractivity contribution in [3.8, 4) is 0 Å². The van der Waals surface area contributed by atoms with Gasteiger partial charge < -0.3 is 5.11 Å². The Bertz CT molecular complexity index is 590. The molecule has 0 saturated heterocycles. The van der Waals surface area contributed by atoms with Gasteiger partial charge in [-0.05, 0) is 19.4 Å². The van der Waals surface area contributed by atoms with E-state index in [4.69, 9.17) is 28.3 Å². The van der Waals surface area contributed by atoms with Gasteiger partial charge in [0.05, 0.1) is 5.04 Å². The molecular formula is C15H16Cl2F3NOS. The second kappa shape index (κ2) is 9.90. The van der Waals surface area contributed by atoms with Crippen LogP contribution in [0.15, 0.2) is 63.5 Å². The van der Waals surface area contributed by atoms with Crippen LogP contribution in [0.1, 0.15) is 13.8 Å². The van der Waals surface area contributed by atoms with E-state index in [-0.39, 0.29) is 10.8 Å². The van der Waals surface area contributed by atoms with Crippen LogP contribution in [0.5, 0.6) is 0 Å². The number of aliphatic hydroxyl groups excluding tert-OH is 1. The van der Waals surface area contributed by atoms with Crippen molar-refractivity contribution in [3.05, 3.63) is 58.5 Å². The van der Waals surface area contributed by atoms with Crippen LogP contribution in [-0.2, 0) is 0 Å². The minimum atomic E-state index is -4.70. The SMILES string of the molecule is C=C/C(Cl)=C(CSC(C)=N/C(=C\C(=C)O)C(F)(F)F)\C(Cl)=C/C. The third kappa shape index (κ3) is 8.34. The standard InChI is InChI=1S/C15H16Cl2F3NOS/c1-5-12(16)11(13(17)6-2)8-23-10(4)21-14(7-9(3)22)15(18,19)20/h5-7,22H,1,3,8H2,2,4H3/b12-11+,13-6+,14-7-,21-10?.